The first-order valence-electron chi connectivity index (χ1n) is 9.64. The number of carbonyl (C=O) groups excluding carboxylic acids is 3. The second-order valence-corrected chi connectivity index (χ2v) is 8.00. The van der Waals surface area contributed by atoms with Crippen molar-refractivity contribution in [3.63, 3.8) is 0 Å². The van der Waals surface area contributed by atoms with Crippen LogP contribution in [0.5, 0.6) is 5.75 Å². The van der Waals surface area contributed by atoms with Crippen LogP contribution in [0.4, 0.5) is 5.69 Å². The lowest BCUT2D eigenvalue weighted by Crippen LogP contribution is -2.43. The van der Waals surface area contributed by atoms with Crippen molar-refractivity contribution >= 4 is 39.3 Å². The lowest BCUT2D eigenvalue weighted by atomic mass is 10.1. The highest BCUT2D eigenvalue weighted by molar-refractivity contribution is 9.10. The maximum Gasteiger partial charge on any atom is 0.263 e. The summed E-state index contributed by atoms with van der Waals surface area (Å²) in [5.41, 5.74) is 2.28. The van der Waals surface area contributed by atoms with E-state index in [-0.39, 0.29) is 12.6 Å². The molecule has 0 fully saturated rings. The Balaban J connectivity index is 1.49. The number of benzene rings is 3. The number of amides is 3. The van der Waals surface area contributed by atoms with Crippen molar-refractivity contribution in [2.24, 2.45) is 0 Å². The number of halogens is 1. The summed E-state index contributed by atoms with van der Waals surface area (Å²) in [6.07, 6.45) is 0. The summed E-state index contributed by atoms with van der Waals surface area (Å²) in [7, 11) is 0. The average molecular weight is 479 g/mol. The quantitative estimate of drug-likeness (QED) is 0.484. The Labute approximate surface area is 188 Å². The highest BCUT2D eigenvalue weighted by Crippen LogP contribution is 2.28. The fraction of sp³-hybridized carbons (Fsp3) is 0.125. The van der Waals surface area contributed by atoms with Crippen molar-refractivity contribution in [3.8, 4) is 5.75 Å². The van der Waals surface area contributed by atoms with Crippen LogP contribution in [0.3, 0.4) is 0 Å². The summed E-state index contributed by atoms with van der Waals surface area (Å²) >= 11 is 3.32. The Kier molecular flexibility index (Phi) is 5.86. The molecule has 0 atom stereocenters. The van der Waals surface area contributed by atoms with Crippen LogP contribution >= 0.6 is 15.9 Å². The van der Waals surface area contributed by atoms with Gasteiger partial charge in [-0.15, -0.1) is 0 Å². The minimum Gasteiger partial charge on any atom is -0.489 e. The lowest BCUT2D eigenvalue weighted by Gasteiger charge is -2.26. The molecular formula is C24H19BrN2O4. The average Bonchev–Trinajstić information content (AvgIpc) is 3.00. The van der Waals surface area contributed by atoms with Crippen LogP contribution in [0.2, 0.25) is 0 Å². The molecule has 0 aliphatic carbocycles. The maximum atomic E-state index is 12.7. The molecular weight excluding hydrogens is 460 g/mol. The zero-order chi connectivity index (χ0) is 22.0. The highest BCUT2D eigenvalue weighted by Gasteiger charge is 2.37. The van der Waals surface area contributed by atoms with Crippen molar-refractivity contribution in [1.82, 2.24) is 4.90 Å². The first-order valence-corrected chi connectivity index (χ1v) is 10.4. The molecule has 6 nitrogen and oxygen atoms in total. The molecule has 3 aromatic carbocycles. The third-order valence-electron chi connectivity index (χ3n) is 4.99. The molecule has 156 valence electrons. The van der Waals surface area contributed by atoms with Gasteiger partial charge in [0.05, 0.1) is 11.1 Å². The van der Waals surface area contributed by atoms with Gasteiger partial charge in [-0.1, -0.05) is 46.3 Å². The second-order valence-electron chi connectivity index (χ2n) is 7.08. The number of imide groups is 1. The fourth-order valence-electron chi connectivity index (χ4n) is 3.36. The van der Waals surface area contributed by atoms with E-state index in [0.29, 0.717) is 33.6 Å². The number of anilines is 1. The van der Waals surface area contributed by atoms with Gasteiger partial charge >= 0.3 is 0 Å². The minimum atomic E-state index is -0.421. The smallest absolute Gasteiger partial charge is 0.263 e. The van der Waals surface area contributed by atoms with Gasteiger partial charge in [0, 0.05) is 17.1 Å². The molecule has 1 heterocycles. The van der Waals surface area contributed by atoms with E-state index in [1.807, 2.05) is 30.3 Å². The van der Waals surface area contributed by atoms with Gasteiger partial charge in [0.2, 0.25) is 5.91 Å². The first kappa shape index (κ1) is 20.8. The number of fused-ring (bicyclic) bond motifs is 1. The highest BCUT2D eigenvalue weighted by atomic mass is 79.9. The lowest BCUT2D eigenvalue weighted by molar-refractivity contribution is -0.116. The Morgan fingerprint density at radius 2 is 1.61 bits per heavy atom. The van der Waals surface area contributed by atoms with Gasteiger partial charge in [-0.05, 0) is 48.0 Å². The second kappa shape index (κ2) is 8.73. The maximum absolute atomic E-state index is 12.7. The van der Waals surface area contributed by atoms with Crippen molar-refractivity contribution in [1.29, 1.82) is 0 Å². The molecule has 31 heavy (non-hydrogen) atoms. The van der Waals surface area contributed by atoms with Gasteiger partial charge < -0.3 is 4.74 Å². The van der Waals surface area contributed by atoms with E-state index in [4.69, 9.17) is 4.74 Å². The predicted molar refractivity (Wildman–Crippen MR) is 120 cm³/mol. The minimum absolute atomic E-state index is 0.163. The van der Waals surface area contributed by atoms with E-state index >= 15 is 0 Å². The van der Waals surface area contributed by atoms with Crippen LogP contribution in [-0.4, -0.2) is 29.3 Å². The standard InChI is InChI=1S/C24H19BrN2O4/c1-16(28)26(15-27-23(29)21-12-7-18(25)13-22(21)24(27)30)19-8-10-20(11-9-19)31-14-17-5-3-2-4-6-17/h2-13H,14-15H2,1H3. The van der Waals surface area contributed by atoms with Gasteiger partial charge in [0.25, 0.3) is 11.8 Å². The molecule has 4 rings (SSSR count). The molecule has 0 spiro atoms. The van der Waals surface area contributed by atoms with E-state index in [1.165, 1.54) is 11.8 Å². The Hall–Kier alpha value is -3.45. The Morgan fingerprint density at radius 1 is 0.935 bits per heavy atom. The SMILES string of the molecule is CC(=O)N(CN1C(=O)c2ccc(Br)cc2C1=O)c1ccc(OCc2ccccc2)cc1. The van der Waals surface area contributed by atoms with Crippen LogP contribution in [-0.2, 0) is 11.4 Å². The van der Waals surface area contributed by atoms with E-state index in [1.54, 1.807) is 42.5 Å². The van der Waals surface area contributed by atoms with Crippen molar-refractivity contribution in [2.45, 2.75) is 13.5 Å². The van der Waals surface area contributed by atoms with Crippen LogP contribution in [0.15, 0.2) is 77.3 Å². The van der Waals surface area contributed by atoms with Gasteiger partial charge in [-0.3, -0.25) is 24.2 Å². The van der Waals surface area contributed by atoms with Gasteiger partial charge in [-0.25, -0.2) is 0 Å². The van der Waals surface area contributed by atoms with Gasteiger partial charge in [-0.2, -0.15) is 0 Å². The van der Waals surface area contributed by atoms with Gasteiger partial charge in [0.15, 0.2) is 0 Å². The molecule has 0 radical (unpaired) electrons. The molecule has 1 aliphatic heterocycles. The summed E-state index contributed by atoms with van der Waals surface area (Å²) in [6.45, 7) is 1.67. The topological polar surface area (TPSA) is 66.9 Å². The van der Waals surface area contributed by atoms with E-state index in [2.05, 4.69) is 15.9 Å². The third-order valence-corrected chi connectivity index (χ3v) is 5.49. The molecule has 1 aliphatic rings. The molecule has 0 aromatic heterocycles. The third kappa shape index (κ3) is 4.36. The van der Waals surface area contributed by atoms with Crippen LogP contribution in [0.1, 0.15) is 33.2 Å². The molecule has 0 saturated carbocycles. The molecule has 7 heteroatoms. The van der Waals surface area contributed by atoms with E-state index in [0.717, 1.165) is 10.5 Å². The molecule has 3 aromatic rings. The number of rotatable bonds is 6. The number of hydrogen-bond donors (Lipinski definition) is 0. The van der Waals surface area contributed by atoms with E-state index in [9.17, 15) is 14.4 Å². The fourth-order valence-corrected chi connectivity index (χ4v) is 3.72. The summed E-state index contributed by atoms with van der Waals surface area (Å²) in [5, 5.41) is 0. The number of ether oxygens (including phenoxy) is 1. The molecule has 0 N–H and O–H groups in total. The molecule has 3 amide bonds. The van der Waals surface area contributed by atoms with Crippen molar-refractivity contribution in [3.05, 3.63) is 94.0 Å². The van der Waals surface area contributed by atoms with Crippen LogP contribution in [0, 0.1) is 0 Å². The van der Waals surface area contributed by atoms with Crippen molar-refractivity contribution < 1.29 is 19.1 Å². The normalized spacial score (nSPS) is 12.6. The van der Waals surface area contributed by atoms with Crippen molar-refractivity contribution in [2.75, 3.05) is 11.6 Å². The summed E-state index contributed by atoms with van der Waals surface area (Å²) < 4.78 is 6.49. The number of hydrogen-bond acceptors (Lipinski definition) is 4. The zero-order valence-electron chi connectivity index (χ0n) is 16.7. The van der Waals surface area contributed by atoms with Crippen LogP contribution < -0.4 is 9.64 Å². The number of nitrogens with zero attached hydrogens (tertiary/aromatic N) is 2. The Morgan fingerprint density at radius 3 is 2.29 bits per heavy atom. The van der Waals surface area contributed by atoms with Crippen LogP contribution in [0.25, 0.3) is 0 Å². The first-order chi connectivity index (χ1) is 14.9. The monoisotopic (exact) mass is 478 g/mol. The molecule has 0 saturated heterocycles. The zero-order valence-corrected chi connectivity index (χ0v) is 18.3. The summed E-state index contributed by atoms with van der Waals surface area (Å²) in [6, 6.07) is 21.7. The Bertz CT molecular complexity index is 1150. The molecule has 0 unspecified atom stereocenters. The molecule has 0 bridgehead atoms. The van der Waals surface area contributed by atoms with Gasteiger partial charge in [0.1, 0.15) is 19.0 Å². The largest absolute Gasteiger partial charge is 0.489 e. The summed E-state index contributed by atoms with van der Waals surface area (Å²) in [5.74, 6) is -0.464. The predicted octanol–water partition coefficient (Wildman–Crippen LogP) is 4.63. The number of carbonyl (C=O) groups is 3. The summed E-state index contributed by atoms with van der Waals surface area (Å²) in [4.78, 5) is 40.2. The van der Waals surface area contributed by atoms with E-state index < -0.39 is 11.8 Å².